The van der Waals surface area contributed by atoms with Crippen molar-refractivity contribution in [1.29, 1.82) is 0 Å². The second-order valence-electron chi connectivity index (χ2n) is 6.00. The molecule has 3 N–H and O–H groups in total. The van der Waals surface area contributed by atoms with Crippen molar-refractivity contribution in [2.24, 2.45) is 5.92 Å². The molecule has 0 spiro atoms. The molecule has 0 saturated carbocycles. The van der Waals surface area contributed by atoms with Gasteiger partial charge in [0.1, 0.15) is 12.4 Å². The molecule has 3 rings (SSSR count). The van der Waals surface area contributed by atoms with Gasteiger partial charge in [0, 0.05) is 37.7 Å². The van der Waals surface area contributed by atoms with Gasteiger partial charge in [-0.15, -0.1) is 0 Å². The summed E-state index contributed by atoms with van der Waals surface area (Å²) in [6, 6.07) is 18.3. The summed E-state index contributed by atoms with van der Waals surface area (Å²) in [7, 11) is 0. The Hall–Kier alpha value is -1.88. The molecule has 2 aromatic rings. The van der Waals surface area contributed by atoms with Gasteiger partial charge >= 0.3 is 0 Å². The first-order chi connectivity index (χ1) is 11.3. The monoisotopic (exact) mass is 312 g/mol. The predicted molar refractivity (Wildman–Crippen MR) is 91.3 cm³/mol. The van der Waals surface area contributed by atoms with Crippen LogP contribution in [0, 0.1) is 5.92 Å². The molecule has 2 aromatic carbocycles. The predicted octanol–water partition coefficient (Wildman–Crippen LogP) is 1.94. The number of aliphatic hydroxyl groups excluding tert-OH is 1. The van der Waals surface area contributed by atoms with Crippen molar-refractivity contribution in [1.82, 2.24) is 10.6 Å². The minimum Gasteiger partial charge on any atom is -0.489 e. The molecule has 1 aliphatic rings. The number of hydrogen-bond donors (Lipinski definition) is 3. The lowest BCUT2D eigenvalue weighted by atomic mass is 10.1. The summed E-state index contributed by atoms with van der Waals surface area (Å²) in [5, 5.41) is 16.5. The zero-order chi connectivity index (χ0) is 15.9. The molecule has 0 aromatic heterocycles. The Morgan fingerprint density at radius 1 is 1.04 bits per heavy atom. The highest BCUT2D eigenvalue weighted by Crippen LogP contribution is 2.19. The van der Waals surface area contributed by atoms with Crippen LogP contribution in [0.4, 0.5) is 0 Å². The Balaban J connectivity index is 1.53. The Morgan fingerprint density at radius 2 is 1.83 bits per heavy atom. The van der Waals surface area contributed by atoms with Crippen molar-refractivity contribution in [3.8, 4) is 5.75 Å². The third-order valence-corrected chi connectivity index (χ3v) is 4.24. The van der Waals surface area contributed by atoms with E-state index < -0.39 is 0 Å². The topological polar surface area (TPSA) is 53.5 Å². The van der Waals surface area contributed by atoms with Gasteiger partial charge in [0.05, 0.1) is 6.10 Å². The first-order valence-electron chi connectivity index (χ1n) is 8.17. The van der Waals surface area contributed by atoms with Gasteiger partial charge in [-0.25, -0.2) is 0 Å². The van der Waals surface area contributed by atoms with Crippen LogP contribution in [0.1, 0.15) is 11.1 Å². The Labute approximate surface area is 137 Å². The van der Waals surface area contributed by atoms with E-state index in [1.54, 1.807) is 0 Å². The molecule has 4 nitrogen and oxygen atoms in total. The number of benzene rings is 2. The second kappa shape index (κ2) is 8.11. The molecule has 2 atom stereocenters. The van der Waals surface area contributed by atoms with Crippen molar-refractivity contribution in [2.75, 3.05) is 19.6 Å². The van der Waals surface area contributed by atoms with Gasteiger partial charge in [-0.1, -0.05) is 48.5 Å². The van der Waals surface area contributed by atoms with Crippen LogP contribution in [0.3, 0.4) is 0 Å². The summed E-state index contributed by atoms with van der Waals surface area (Å²) < 4.78 is 5.97. The molecule has 0 aliphatic carbocycles. The van der Waals surface area contributed by atoms with Crippen LogP contribution in [0.15, 0.2) is 54.6 Å². The van der Waals surface area contributed by atoms with E-state index in [1.165, 1.54) is 0 Å². The zero-order valence-electron chi connectivity index (χ0n) is 13.2. The quantitative estimate of drug-likeness (QED) is 0.731. The summed E-state index contributed by atoms with van der Waals surface area (Å²) in [5.74, 6) is 1.20. The zero-order valence-corrected chi connectivity index (χ0v) is 13.2. The van der Waals surface area contributed by atoms with E-state index >= 15 is 0 Å². The maximum Gasteiger partial charge on any atom is 0.124 e. The highest BCUT2D eigenvalue weighted by molar-refractivity contribution is 5.33. The van der Waals surface area contributed by atoms with Crippen LogP contribution in [0.25, 0.3) is 0 Å². The number of nitrogens with one attached hydrogen (secondary N) is 2. The third kappa shape index (κ3) is 4.55. The lowest BCUT2D eigenvalue weighted by molar-refractivity contribution is 0.146. The Morgan fingerprint density at radius 3 is 2.61 bits per heavy atom. The van der Waals surface area contributed by atoms with Crippen molar-refractivity contribution in [2.45, 2.75) is 19.3 Å². The number of hydrogen-bond acceptors (Lipinski definition) is 4. The first-order valence-corrected chi connectivity index (χ1v) is 8.17. The molecule has 0 amide bonds. The summed E-state index contributed by atoms with van der Waals surface area (Å²) in [4.78, 5) is 0. The fourth-order valence-corrected chi connectivity index (χ4v) is 2.85. The van der Waals surface area contributed by atoms with Gasteiger partial charge in [0.2, 0.25) is 0 Å². The number of β-amino-alcohol motifs (C(OH)–C–C–N with tert-alkyl or cyclic N) is 1. The maximum atomic E-state index is 9.82. The van der Waals surface area contributed by atoms with Gasteiger partial charge in [-0.05, 0) is 11.6 Å². The van der Waals surface area contributed by atoms with Crippen LogP contribution in [0.2, 0.25) is 0 Å². The minimum absolute atomic E-state index is 0.243. The molecule has 23 heavy (non-hydrogen) atoms. The van der Waals surface area contributed by atoms with Gasteiger partial charge < -0.3 is 20.5 Å². The Bertz CT molecular complexity index is 603. The van der Waals surface area contributed by atoms with Crippen LogP contribution in [0.5, 0.6) is 5.75 Å². The normalized spacial score (nSPS) is 20.6. The average Bonchev–Trinajstić information content (AvgIpc) is 3.00. The molecular formula is C19H24N2O2. The van der Waals surface area contributed by atoms with E-state index in [0.29, 0.717) is 13.2 Å². The molecule has 0 bridgehead atoms. The second-order valence-corrected chi connectivity index (χ2v) is 6.00. The molecule has 1 heterocycles. The SMILES string of the molecule is OC1CNCC1CNCc1ccccc1OCc1ccccc1. The van der Waals surface area contributed by atoms with E-state index in [1.807, 2.05) is 36.4 Å². The largest absolute Gasteiger partial charge is 0.489 e. The molecule has 0 radical (unpaired) electrons. The van der Waals surface area contributed by atoms with E-state index in [9.17, 15) is 5.11 Å². The van der Waals surface area contributed by atoms with Gasteiger partial charge in [0.25, 0.3) is 0 Å². The van der Waals surface area contributed by atoms with Crippen molar-refractivity contribution in [3.63, 3.8) is 0 Å². The third-order valence-electron chi connectivity index (χ3n) is 4.24. The first kappa shape index (κ1) is 16.0. The lowest BCUT2D eigenvalue weighted by Crippen LogP contribution is -2.30. The van der Waals surface area contributed by atoms with E-state index in [4.69, 9.17) is 4.74 Å². The number of ether oxygens (including phenoxy) is 1. The van der Waals surface area contributed by atoms with Gasteiger partial charge in [0.15, 0.2) is 0 Å². The summed E-state index contributed by atoms with van der Waals surface area (Å²) in [6.07, 6.45) is -0.243. The summed E-state index contributed by atoms with van der Waals surface area (Å²) in [6.45, 7) is 3.70. The van der Waals surface area contributed by atoms with Crippen molar-refractivity contribution < 1.29 is 9.84 Å². The summed E-state index contributed by atoms with van der Waals surface area (Å²) >= 11 is 0. The molecule has 2 unspecified atom stereocenters. The average molecular weight is 312 g/mol. The molecule has 1 aliphatic heterocycles. The van der Waals surface area contributed by atoms with E-state index in [-0.39, 0.29) is 12.0 Å². The fraction of sp³-hybridized carbons (Fsp3) is 0.368. The highest BCUT2D eigenvalue weighted by Gasteiger charge is 2.24. The maximum absolute atomic E-state index is 9.82. The lowest BCUT2D eigenvalue weighted by Gasteiger charge is -2.16. The van der Waals surface area contributed by atoms with E-state index in [0.717, 1.165) is 36.5 Å². The smallest absolute Gasteiger partial charge is 0.124 e. The molecule has 122 valence electrons. The summed E-state index contributed by atoms with van der Waals surface area (Å²) in [5.41, 5.74) is 2.30. The number of para-hydroxylation sites is 1. The van der Waals surface area contributed by atoms with Gasteiger partial charge in [-0.2, -0.15) is 0 Å². The fourth-order valence-electron chi connectivity index (χ4n) is 2.85. The van der Waals surface area contributed by atoms with Crippen LogP contribution in [-0.2, 0) is 13.2 Å². The molecule has 1 fully saturated rings. The van der Waals surface area contributed by atoms with Crippen molar-refractivity contribution >= 4 is 0 Å². The van der Waals surface area contributed by atoms with Gasteiger partial charge in [-0.3, -0.25) is 0 Å². The van der Waals surface area contributed by atoms with E-state index in [2.05, 4.69) is 28.8 Å². The number of rotatable bonds is 7. The minimum atomic E-state index is -0.243. The Kier molecular flexibility index (Phi) is 5.64. The highest BCUT2D eigenvalue weighted by atomic mass is 16.5. The standard InChI is InChI=1S/C19H24N2O2/c22-18-13-21-12-17(18)11-20-10-16-8-4-5-9-19(16)23-14-15-6-2-1-3-7-15/h1-9,17-18,20-22H,10-14H2. The van der Waals surface area contributed by atoms with Crippen LogP contribution in [-0.4, -0.2) is 30.8 Å². The van der Waals surface area contributed by atoms with Crippen molar-refractivity contribution in [3.05, 3.63) is 65.7 Å². The van der Waals surface area contributed by atoms with Crippen LogP contribution < -0.4 is 15.4 Å². The number of aliphatic hydroxyl groups is 1. The molecular weight excluding hydrogens is 288 g/mol. The molecule has 1 saturated heterocycles. The molecule has 4 heteroatoms. The van der Waals surface area contributed by atoms with Crippen LogP contribution >= 0.6 is 0 Å².